The second kappa shape index (κ2) is 5.52. The molecule has 0 atom stereocenters. The molecule has 2 N–H and O–H groups in total. The van der Waals surface area contributed by atoms with Crippen LogP contribution in [0.15, 0.2) is 24.3 Å². The maximum atomic E-state index is 11.8. The first-order valence-electron chi connectivity index (χ1n) is 5.95. The average Bonchev–Trinajstić information content (AvgIpc) is 2.39. The third-order valence-corrected chi connectivity index (χ3v) is 2.74. The Balaban J connectivity index is 2.01. The minimum absolute atomic E-state index is 0.300. The van der Waals surface area contributed by atoms with E-state index >= 15 is 0 Å². The molecule has 2 rings (SSSR count). The van der Waals surface area contributed by atoms with Gasteiger partial charge in [-0.25, -0.2) is 0 Å². The van der Waals surface area contributed by atoms with Gasteiger partial charge in [-0.3, -0.25) is 24.5 Å². The van der Waals surface area contributed by atoms with Crippen molar-refractivity contribution in [2.24, 2.45) is 0 Å². The zero-order chi connectivity index (χ0) is 14.7. The van der Waals surface area contributed by atoms with E-state index in [2.05, 4.69) is 10.6 Å². The third kappa shape index (κ3) is 3.19. The summed E-state index contributed by atoms with van der Waals surface area (Å²) in [5.74, 6) is -2.99. The van der Waals surface area contributed by atoms with Crippen LogP contribution in [-0.2, 0) is 19.2 Å². The summed E-state index contributed by atoms with van der Waals surface area (Å²) in [4.78, 5) is 46.8. The predicted octanol–water partition coefficient (Wildman–Crippen LogP) is -0.581. The molecule has 0 radical (unpaired) electrons. The largest absolute Gasteiger partial charge is 0.318 e. The topological polar surface area (TPSA) is 95.6 Å². The van der Waals surface area contributed by atoms with Gasteiger partial charge in [0.25, 0.3) is 0 Å². The summed E-state index contributed by atoms with van der Waals surface area (Å²) in [6.07, 6.45) is 0. The van der Waals surface area contributed by atoms with Crippen LogP contribution in [0.3, 0.4) is 0 Å². The summed E-state index contributed by atoms with van der Waals surface area (Å²) in [6.45, 7) is 1.30. The number of nitrogens with one attached hydrogen (secondary N) is 2. The maximum absolute atomic E-state index is 11.8. The van der Waals surface area contributed by atoms with Crippen LogP contribution in [0.1, 0.15) is 5.56 Å². The Morgan fingerprint density at radius 2 is 1.65 bits per heavy atom. The van der Waals surface area contributed by atoms with E-state index in [4.69, 9.17) is 0 Å². The molecule has 104 valence electrons. The van der Waals surface area contributed by atoms with Gasteiger partial charge in [0.05, 0.1) is 0 Å². The minimum Gasteiger partial charge on any atom is -0.318 e. The van der Waals surface area contributed by atoms with Crippen molar-refractivity contribution in [3.63, 3.8) is 0 Å². The lowest BCUT2D eigenvalue weighted by molar-refractivity contribution is -0.149. The number of nitrogens with zero attached hydrogens (tertiary/aromatic N) is 1. The molecule has 1 aliphatic heterocycles. The summed E-state index contributed by atoms with van der Waals surface area (Å²) >= 11 is 0. The van der Waals surface area contributed by atoms with Crippen molar-refractivity contribution < 1.29 is 19.2 Å². The number of hydrogen-bond acceptors (Lipinski definition) is 4. The Labute approximate surface area is 114 Å². The van der Waals surface area contributed by atoms with Gasteiger partial charge in [0.15, 0.2) is 0 Å². The molecule has 7 heteroatoms. The van der Waals surface area contributed by atoms with Gasteiger partial charge in [-0.2, -0.15) is 0 Å². The number of aryl methyl sites for hydroxylation is 1. The number of carbonyl (C=O) groups is 4. The SMILES string of the molecule is Cc1ccc(NC(=O)C(=O)N2CC(=O)NC(=O)C2)cc1. The second-order valence-corrected chi connectivity index (χ2v) is 4.45. The number of imide groups is 1. The van der Waals surface area contributed by atoms with Crippen molar-refractivity contribution in [2.45, 2.75) is 6.92 Å². The van der Waals surface area contributed by atoms with Crippen LogP contribution in [0.2, 0.25) is 0 Å². The molecule has 1 heterocycles. The molecule has 1 aromatic rings. The Hall–Kier alpha value is -2.70. The van der Waals surface area contributed by atoms with Crippen molar-refractivity contribution in [1.29, 1.82) is 0 Å². The van der Waals surface area contributed by atoms with E-state index < -0.39 is 23.6 Å². The van der Waals surface area contributed by atoms with Crippen LogP contribution in [0.25, 0.3) is 0 Å². The normalized spacial score (nSPS) is 14.8. The van der Waals surface area contributed by atoms with Crippen LogP contribution < -0.4 is 10.6 Å². The first kappa shape index (κ1) is 13.7. The average molecular weight is 275 g/mol. The highest BCUT2D eigenvalue weighted by atomic mass is 16.2. The monoisotopic (exact) mass is 275 g/mol. The van der Waals surface area contributed by atoms with Crippen LogP contribution in [0.5, 0.6) is 0 Å². The van der Waals surface area contributed by atoms with E-state index in [1.54, 1.807) is 24.3 Å². The number of carbonyl (C=O) groups excluding carboxylic acids is 4. The van der Waals surface area contributed by atoms with Crippen molar-refractivity contribution >= 4 is 29.3 Å². The maximum Gasteiger partial charge on any atom is 0.313 e. The summed E-state index contributed by atoms with van der Waals surface area (Å²) in [6, 6.07) is 6.90. The smallest absolute Gasteiger partial charge is 0.313 e. The van der Waals surface area contributed by atoms with E-state index in [0.717, 1.165) is 10.5 Å². The molecule has 1 fully saturated rings. The van der Waals surface area contributed by atoms with Crippen molar-refractivity contribution in [2.75, 3.05) is 18.4 Å². The van der Waals surface area contributed by atoms with Crippen LogP contribution in [0.4, 0.5) is 5.69 Å². The number of hydrogen-bond donors (Lipinski definition) is 2. The van der Waals surface area contributed by atoms with Gasteiger partial charge >= 0.3 is 11.8 Å². The Morgan fingerprint density at radius 3 is 2.20 bits per heavy atom. The van der Waals surface area contributed by atoms with Crippen molar-refractivity contribution in [1.82, 2.24) is 10.2 Å². The van der Waals surface area contributed by atoms with Crippen molar-refractivity contribution in [3.8, 4) is 0 Å². The number of rotatable bonds is 1. The highest BCUT2D eigenvalue weighted by Crippen LogP contribution is 2.09. The fourth-order valence-electron chi connectivity index (χ4n) is 1.75. The molecule has 0 spiro atoms. The highest BCUT2D eigenvalue weighted by Gasteiger charge is 2.30. The standard InChI is InChI=1S/C13H13N3O4/c1-8-2-4-9(5-3-8)14-12(19)13(20)16-6-10(17)15-11(18)7-16/h2-5H,6-7H2,1H3,(H,14,19)(H,15,17,18). The van der Waals surface area contributed by atoms with E-state index in [-0.39, 0.29) is 13.1 Å². The lowest BCUT2D eigenvalue weighted by Gasteiger charge is -2.24. The first-order chi connectivity index (χ1) is 9.45. The van der Waals surface area contributed by atoms with Gasteiger partial charge in [-0.05, 0) is 19.1 Å². The molecular formula is C13H13N3O4. The van der Waals surface area contributed by atoms with Crippen molar-refractivity contribution in [3.05, 3.63) is 29.8 Å². The van der Waals surface area contributed by atoms with Gasteiger partial charge in [0.1, 0.15) is 13.1 Å². The second-order valence-electron chi connectivity index (χ2n) is 4.45. The Morgan fingerprint density at radius 1 is 1.10 bits per heavy atom. The van der Waals surface area contributed by atoms with Crippen LogP contribution in [-0.4, -0.2) is 41.6 Å². The molecule has 4 amide bonds. The third-order valence-electron chi connectivity index (χ3n) is 2.74. The molecule has 0 saturated carbocycles. The minimum atomic E-state index is -0.909. The summed E-state index contributed by atoms with van der Waals surface area (Å²) in [5, 5.41) is 4.48. The fraction of sp³-hybridized carbons (Fsp3) is 0.231. The van der Waals surface area contributed by atoms with E-state index in [1.807, 2.05) is 6.92 Å². The molecule has 0 aromatic heterocycles. The zero-order valence-corrected chi connectivity index (χ0v) is 10.8. The summed E-state index contributed by atoms with van der Waals surface area (Å²) in [7, 11) is 0. The molecule has 1 aromatic carbocycles. The molecule has 7 nitrogen and oxygen atoms in total. The van der Waals surface area contributed by atoms with Crippen LogP contribution >= 0.6 is 0 Å². The quantitative estimate of drug-likeness (QED) is 0.529. The Bertz CT molecular complexity index is 564. The molecule has 0 aliphatic carbocycles. The fourth-order valence-corrected chi connectivity index (χ4v) is 1.75. The van der Waals surface area contributed by atoms with Gasteiger partial charge in [-0.15, -0.1) is 0 Å². The molecule has 1 saturated heterocycles. The molecule has 0 unspecified atom stereocenters. The van der Waals surface area contributed by atoms with E-state index in [0.29, 0.717) is 5.69 Å². The van der Waals surface area contributed by atoms with Gasteiger partial charge in [0, 0.05) is 5.69 Å². The molecule has 1 aliphatic rings. The number of anilines is 1. The first-order valence-corrected chi connectivity index (χ1v) is 5.95. The van der Waals surface area contributed by atoms with Gasteiger partial charge in [0.2, 0.25) is 11.8 Å². The summed E-state index contributed by atoms with van der Waals surface area (Å²) in [5.41, 5.74) is 1.49. The zero-order valence-electron chi connectivity index (χ0n) is 10.8. The van der Waals surface area contributed by atoms with E-state index in [9.17, 15) is 19.2 Å². The van der Waals surface area contributed by atoms with Gasteiger partial charge < -0.3 is 10.2 Å². The lowest BCUT2D eigenvalue weighted by atomic mass is 10.2. The van der Waals surface area contributed by atoms with Crippen LogP contribution in [0, 0.1) is 6.92 Å². The van der Waals surface area contributed by atoms with E-state index in [1.165, 1.54) is 0 Å². The summed E-state index contributed by atoms with van der Waals surface area (Å²) < 4.78 is 0. The lowest BCUT2D eigenvalue weighted by Crippen LogP contribution is -2.55. The number of piperazine rings is 1. The molecule has 0 bridgehead atoms. The number of amides is 4. The predicted molar refractivity (Wildman–Crippen MR) is 69.5 cm³/mol. The highest BCUT2D eigenvalue weighted by molar-refractivity contribution is 6.40. The molecular weight excluding hydrogens is 262 g/mol. The van der Waals surface area contributed by atoms with Gasteiger partial charge in [-0.1, -0.05) is 17.7 Å². The molecule has 20 heavy (non-hydrogen) atoms. The number of benzene rings is 1. The Kier molecular flexibility index (Phi) is 3.79.